The molecule has 0 aliphatic carbocycles. The summed E-state index contributed by atoms with van der Waals surface area (Å²) >= 11 is 1.78. The quantitative estimate of drug-likeness (QED) is 0.245. The summed E-state index contributed by atoms with van der Waals surface area (Å²) in [4.78, 5) is 8.85. The summed E-state index contributed by atoms with van der Waals surface area (Å²) in [5, 5.41) is 1.02. The number of nitrogens with two attached hydrogens (primary N) is 1. The largest absolute Gasteiger partial charge is 0.308 e. The third-order valence-electron chi connectivity index (χ3n) is 2.37. The molecule has 0 saturated carbocycles. The van der Waals surface area contributed by atoms with E-state index in [9.17, 15) is 0 Å². The average Bonchev–Trinajstić information content (AvgIpc) is 2.35. The fraction of sp³-hybridized carbons (Fsp3) is 0.667. The van der Waals surface area contributed by atoms with Gasteiger partial charge in [0.2, 0.25) is 0 Å². The van der Waals surface area contributed by atoms with Gasteiger partial charge in [-0.05, 0) is 18.6 Å². The Morgan fingerprint density at radius 1 is 1.24 bits per heavy atom. The molecule has 0 spiro atoms. The molecule has 1 rings (SSSR count). The highest BCUT2D eigenvalue weighted by Gasteiger charge is 2.04. The van der Waals surface area contributed by atoms with Crippen LogP contribution >= 0.6 is 11.8 Å². The van der Waals surface area contributed by atoms with Crippen molar-refractivity contribution in [2.75, 3.05) is 11.2 Å². The van der Waals surface area contributed by atoms with E-state index < -0.39 is 0 Å². The minimum Gasteiger partial charge on any atom is -0.308 e. The summed E-state index contributed by atoms with van der Waals surface area (Å²) in [6, 6.07) is 1.91. The SMILES string of the molecule is CCCCCSc1cc(NN)nc(CCC)n1. The molecule has 0 unspecified atom stereocenters. The maximum atomic E-state index is 5.41. The van der Waals surface area contributed by atoms with Gasteiger partial charge in [0.1, 0.15) is 16.7 Å². The fourth-order valence-corrected chi connectivity index (χ4v) is 2.41. The molecule has 1 aromatic heterocycles. The lowest BCUT2D eigenvalue weighted by atomic mass is 10.3. The molecule has 0 atom stereocenters. The van der Waals surface area contributed by atoms with Gasteiger partial charge < -0.3 is 5.43 Å². The Hall–Kier alpha value is -0.810. The zero-order valence-corrected chi connectivity index (χ0v) is 11.5. The van der Waals surface area contributed by atoms with Gasteiger partial charge in [0.15, 0.2) is 0 Å². The molecule has 0 saturated heterocycles. The number of anilines is 1. The Bertz CT molecular complexity index is 330. The zero-order valence-electron chi connectivity index (χ0n) is 10.7. The minimum atomic E-state index is 0.710. The first-order chi connectivity index (χ1) is 8.30. The third kappa shape index (κ3) is 5.37. The van der Waals surface area contributed by atoms with E-state index in [-0.39, 0.29) is 0 Å². The second kappa shape index (κ2) is 8.31. The van der Waals surface area contributed by atoms with E-state index in [4.69, 9.17) is 5.84 Å². The number of hydrazine groups is 1. The van der Waals surface area contributed by atoms with Gasteiger partial charge in [0, 0.05) is 12.5 Å². The predicted molar refractivity (Wildman–Crippen MR) is 74.1 cm³/mol. The topological polar surface area (TPSA) is 63.8 Å². The standard InChI is InChI=1S/C12H22N4S/c1-3-5-6-8-17-12-9-11(16-13)14-10(15-12)7-4-2/h9H,3-8,13H2,1-2H3,(H,14,15,16). The lowest BCUT2D eigenvalue weighted by molar-refractivity contribution is 0.776. The minimum absolute atomic E-state index is 0.710. The Kier molecular flexibility index (Phi) is 6.96. The van der Waals surface area contributed by atoms with Crippen molar-refractivity contribution in [3.8, 4) is 0 Å². The number of aromatic nitrogens is 2. The molecular formula is C12H22N4S. The van der Waals surface area contributed by atoms with E-state index in [1.54, 1.807) is 11.8 Å². The van der Waals surface area contributed by atoms with Crippen LogP contribution in [-0.4, -0.2) is 15.7 Å². The van der Waals surface area contributed by atoms with Gasteiger partial charge in [0.05, 0.1) is 0 Å². The molecule has 0 aliphatic rings. The molecular weight excluding hydrogens is 232 g/mol. The van der Waals surface area contributed by atoms with Crippen LogP contribution < -0.4 is 11.3 Å². The number of thioether (sulfide) groups is 1. The lowest BCUT2D eigenvalue weighted by Gasteiger charge is -2.06. The van der Waals surface area contributed by atoms with Gasteiger partial charge in [-0.2, -0.15) is 0 Å². The lowest BCUT2D eigenvalue weighted by Crippen LogP contribution is -2.10. The number of nitrogen functional groups attached to an aromatic ring is 1. The van der Waals surface area contributed by atoms with Crippen LogP contribution in [0, 0.1) is 0 Å². The van der Waals surface area contributed by atoms with Crippen molar-refractivity contribution < 1.29 is 0 Å². The molecule has 0 bridgehead atoms. The normalized spacial score (nSPS) is 10.5. The van der Waals surface area contributed by atoms with Crippen molar-refractivity contribution >= 4 is 17.6 Å². The zero-order chi connectivity index (χ0) is 12.5. The number of hydrogen-bond acceptors (Lipinski definition) is 5. The van der Waals surface area contributed by atoms with E-state index in [1.165, 1.54) is 19.3 Å². The van der Waals surface area contributed by atoms with Crippen LogP contribution in [0.1, 0.15) is 45.4 Å². The summed E-state index contributed by atoms with van der Waals surface area (Å²) < 4.78 is 0. The molecule has 96 valence electrons. The van der Waals surface area contributed by atoms with Crippen molar-refractivity contribution in [2.24, 2.45) is 5.84 Å². The van der Waals surface area contributed by atoms with Gasteiger partial charge in [-0.3, -0.25) is 0 Å². The highest BCUT2D eigenvalue weighted by atomic mass is 32.2. The van der Waals surface area contributed by atoms with Crippen molar-refractivity contribution in [1.29, 1.82) is 0 Å². The van der Waals surface area contributed by atoms with Crippen molar-refractivity contribution in [3.63, 3.8) is 0 Å². The van der Waals surface area contributed by atoms with Crippen LogP contribution in [0.25, 0.3) is 0 Å². The highest BCUT2D eigenvalue weighted by molar-refractivity contribution is 7.99. The Balaban J connectivity index is 2.59. The van der Waals surface area contributed by atoms with Gasteiger partial charge >= 0.3 is 0 Å². The Morgan fingerprint density at radius 2 is 2.06 bits per heavy atom. The van der Waals surface area contributed by atoms with Gasteiger partial charge in [0.25, 0.3) is 0 Å². The van der Waals surface area contributed by atoms with Crippen LogP contribution in [0.5, 0.6) is 0 Å². The number of rotatable bonds is 8. The van der Waals surface area contributed by atoms with Crippen LogP contribution in [0.4, 0.5) is 5.82 Å². The first-order valence-electron chi connectivity index (χ1n) is 6.27. The number of hydrogen-bond donors (Lipinski definition) is 2. The maximum Gasteiger partial charge on any atom is 0.144 e. The van der Waals surface area contributed by atoms with Crippen molar-refractivity contribution in [3.05, 3.63) is 11.9 Å². The average molecular weight is 254 g/mol. The van der Waals surface area contributed by atoms with E-state index in [2.05, 4.69) is 29.2 Å². The molecule has 0 amide bonds. The van der Waals surface area contributed by atoms with Crippen LogP contribution in [0.15, 0.2) is 11.1 Å². The molecule has 0 aliphatic heterocycles. The number of aryl methyl sites for hydroxylation is 1. The monoisotopic (exact) mass is 254 g/mol. The Labute approximate surface area is 108 Å². The molecule has 3 N–H and O–H groups in total. The van der Waals surface area contributed by atoms with E-state index in [0.717, 1.165) is 29.4 Å². The first kappa shape index (κ1) is 14.3. The highest BCUT2D eigenvalue weighted by Crippen LogP contribution is 2.20. The summed E-state index contributed by atoms with van der Waals surface area (Å²) in [7, 11) is 0. The number of unbranched alkanes of at least 4 members (excludes halogenated alkanes) is 2. The molecule has 1 aromatic rings. The second-order valence-corrected chi connectivity index (χ2v) is 5.07. The number of nitrogens with zero attached hydrogens (tertiary/aromatic N) is 2. The van der Waals surface area contributed by atoms with Gasteiger partial charge in [-0.15, -0.1) is 11.8 Å². The third-order valence-corrected chi connectivity index (χ3v) is 3.37. The molecule has 4 nitrogen and oxygen atoms in total. The van der Waals surface area contributed by atoms with Gasteiger partial charge in [-0.1, -0.05) is 26.7 Å². The molecule has 1 heterocycles. The molecule has 17 heavy (non-hydrogen) atoms. The van der Waals surface area contributed by atoms with Crippen LogP contribution in [-0.2, 0) is 6.42 Å². The first-order valence-corrected chi connectivity index (χ1v) is 7.26. The smallest absolute Gasteiger partial charge is 0.144 e. The van der Waals surface area contributed by atoms with Crippen LogP contribution in [0.3, 0.4) is 0 Å². The molecule has 5 heteroatoms. The molecule has 0 aromatic carbocycles. The van der Waals surface area contributed by atoms with Crippen molar-refractivity contribution in [1.82, 2.24) is 9.97 Å². The van der Waals surface area contributed by atoms with Crippen molar-refractivity contribution in [2.45, 2.75) is 51.0 Å². The van der Waals surface area contributed by atoms with E-state index in [0.29, 0.717) is 5.82 Å². The second-order valence-electron chi connectivity index (χ2n) is 3.96. The van der Waals surface area contributed by atoms with E-state index >= 15 is 0 Å². The Morgan fingerprint density at radius 3 is 2.71 bits per heavy atom. The molecule has 0 fully saturated rings. The summed E-state index contributed by atoms with van der Waals surface area (Å²) in [6.45, 7) is 4.34. The number of nitrogens with one attached hydrogen (secondary N) is 1. The van der Waals surface area contributed by atoms with E-state index in [1.807, 2.05) is 6.07 Å². The summed E-state index contributed by atoms with van der Waals surface area (Å²) in [5.74, 6) is 8.11. The fourth-order valence-electron chi connectivity index (χ4n) is 1.48. The van der Waals surface area contributed by atoms with Crippen LogP contribution in [0.2, 0.25) is 0 Å². The van der Waals surface area contributed by atoms with Gasteiger partial charge in [-0.25, -0.2) is 15.8 Å². The molecule has 0 radical (unpaired) electrons. The predicted octanol–water partition coefficient (Wildman–Crippen LogP) is 3.00. The maximum absolute atomic E-state index is 5.41. The summed E-state index contributed by atoms with van der Waals surface area (Å²) in [6.07, 6.45) is 5.72. The summed E-state index contributed by atoms with van der Waals surface area (Å²) in [5.41, 5.74) is 2.60.